The Bertz CT molecular complexity index is 307. The Morgan fingerprint density at radius 1 is 1.35 bits per heavy atom. The van der Waals surface area contributed by atoms with Crippen molar-refractivity contribution in [3.8, 4) is 0 Å². The average molecular weight is 238 g/mol. The molecule has 3 nitrogen and oxygen atoms in total. The van der Waals surface area contributed by atoms with Crippen molar-refractivity contribution in [2.45, 2.75) is 58.7 Å². The van der Waals surface area contributed by atoms with Crippen molar-refractivity contribution in [1.82, 2.24) is 9.88 Å². The van der Waals surface area contributed by atoms with Crippen LogP contribution in [0.25, 0.3) is 0 Å². The van der Waals surface area contributed by atoms with E-state index in [0.717, 1.165) is 13.0 Å². The summed E-state index contributed by atoms with van der Waals surface area (Å²) in [4.78, 5) is 0. The third kappa shape index (κ3) is 4.92. The highest BCUT2D eigenvalue weighted by molar-refractivity contribution is 5.15. The molecule has 1 aromatic heterocycles. The van der Waals surface area contributed by atoms with E-state index in [9.17, 15) is 5.11 Å². The van der Waals surface area contributed by atoms with Crippen LogP contribution < -0.4 is 5.32 Å². The standard InChI is InChI=1S/C14H26N2O/c1-4-6-14(15-8-5-2)13-7-9-16(11-13)10-12(3)17/h7,9,11-12,14-15,17H,4-6,8,10H2,1-3H3. The van der Waals surface area contributed by atoms with E-state index in [4.69, 9.17) is 0 Å². The first-order valence-corrected chi connectivity index (χ1v) is 6.74. The number of rotatable bonds is 8. The van der Waals surface area contributed by atoms with Gasteiger partial charge in [-0.2, -0.15) is 0 Å². The Labute approximate surface area is 105 Å². The van der Waals surface area contributed by atoms with Gasteiger partial charge in [-0.05, 0) is 37.9 Å². The molecule has 0 aliphatic heterocycles. The molecule has 1 heterocycles. The van der Waals surface area contributed by atoms with Crippen molar-refractivity contribution in [2.24, 2.45) is 0 Å². The first kappa shape index (κ1) is 14.3. The van der Waals surface area contributed by atoms with E-state index in [1.165, 1.54) is 18.4 Å². The van der Waals surface area contributed by atoms with Gasteiger partial charge in [-0.3, -0.25) is 0 Å². The summed E-state index contributed by atoms with van der Waals surface area (Å²) in [7, 11) is 0. The molecule has 0 bridgehead atoms. The maximum Gasteiger partial charge on any atom is 0.0690 e. The molecule has 0 radical (unpaired) electrons. The van der Waals surface area contributed by atoms with Crippen molar-refractivity contribution < 1.29 is 5.11 Å². The zero-order chi connectivity index (χ0) is 12.7. The highest BCUT2D eigenvalue weighted by atomic mass is 16.3. The van der Waals surface area contributed by atoms with Gasteiger partial charge in [0.25, 0.3) is 0 Å². The molecule has 1 rings (SSSR count). The van der Waals surface area contributed by atoms with Crippen molar-refractivity contribution in [3.63, 3.8) is 0 Å². The number of hydrogen-bond acceptors (Lipinski definition) is 2. The Balaban J connectivity index is 2.62. The minimum Gasteiger partial charge on any atom is -0.392 e. The van der Waals surface area contributed by atoms with Crippen LogP contribution in [0.1, 0.15) is 51.6 Å². The lowest BCUT2D eigenvalue weighted by Gasteiger charge is -2.16. The summed E-state index contributed by atoms with van der Waals surface area (Å²) < 4.78 is 2.07. The van der Waals surface area contributed by atoms with Crippen LogP contribution in [0.15, 0.2) is 18.5 Å². The van der Waals surface area contributed by atoms with Crippen molar-refractivity contribution in [2.75, 3.05) is 6.54 Å². The lowest BCUT2D eigenvalue weighted by atomic mass is 10.1. The topological polar surface area (TPSA) is 37.2 Å². The molecule has 0 fully saturated rings. The van der Waals surface area contributed by atoms with Crippen molar-refractivity contribution in [3.05, 3.63) is 24.0 Å². The number of aliphatic hydroxyl groups is 1. The fraction of sp³-hybridized carbons (Fsp3) is 0.714. The van der Waals surface area contributed by atoms with Gasteiger partial charge in [-0.15, -0.1) is 0 Å². The Hall–Kier alpha value is -0.800. The van der Waals surface area contributed by atoms with Crippen LogP contribution in [0.5, 0.6) is 0 Å². The second-order valence-electron chi connectivity index (χ2n) is 4.79. The van der Waals surface area contributed by atoms with Crippen molar-refractivity contribution in [1.29, 1.82) is 0 Å². The van der Waals surface area contributed by atoms with E-state index in [-0.39, 0.29) is 6.10 Å². The molecule has 3 heteroatoms. The number of nitrogens with one attached hydrogen (secondary N) is 1. The van der Waals surface area contributed by atoms with Crippen molar-refractivity contribution >= 4 is 0 Å². The average Bonchev–Trinajstić information content (AvgIpc) is 2.71. The SMILES string of the molecule is CCCNC(CCC)c1ccn(CC(C)O)c1. The van der Waals surface area contributed by atoms with Gasteiger partial charge in [-0.25, -0.2) is 0 Å². The molecule has 0 spiro atoms. The van der Waals surface area contributed by atoms with Gasteiger partial charge in [0.15, 0.2) is 0 Å². The third-order valence-corrected chi connectivity index (χ3v) is 2.87. The fourth-order valence-electron chi connectivity index (χ4n) is 2.08. The van der Waals surface area contributed by atoms with E-state index in [2.05, 4.69) is 42.2 Å². The Morgan fingerprint density at radius 3 is 2.71 bits per heavy atom. The lowest BCUT2D eigenvalue weighted by Crippen LogP contribution is -2.21. The zero-order valence-electron chi connectivity index (χ0n) is 11.3. The van der Waals surface area contributed by atoms with Gasteiger partial charge in [0.1, 0.15) is 0 Å². The quantitative estimate of drug-likeness (QED) is 0.730. The Kier molecular flexibility index (Phi) is 6.30. The molecule has 2 unspecified atom stereocenters. The summed E-state index contributed by atoms with van der Waals surface area (Å²) in [5, 5.41) is 12.9. The van der Waals surface area contributed by atoms with Crippen LogP contribution in [0, 0.1) is 0 Å². The van der Waals surface area contributed by atoms with Gasteiger partial charge in [-0.1, -0.05) is 20.3 Å². The molecule has 2 atom stereocenters. The molecule has 0 amide bonds. The van der Waals surface area contributed by atoms with E-state index in [1.54, 1.807) is 0 Å². The van der Waals surface area contributed by atoms with Crippen LogP contribution >= 0.6 is 0 Å². The molecule has 0 saturated carbocycles. The van der Waals surface area contributed by atoms with E-state index >= 15 is 0 Å². The molecule has 98 valence electrons. The second kappa shape index (κ2) is 7.51. The third-order valence-electron chi connectivity index (χ3n) is 2.87. The van der Waals surface area contributed by atoms with Gasteiger partial charge in [0, 0.05) is 25.0 Å². The number of nitrogens with zero attached hydrogens (tertiary/aromatic N) is 1. The first-order valence-electron chi connectivity index (χ1n) is 6.74. The van der Waals surface area contributed by atoms with Crippen LogP contribution in [0.2, 0.25) is 0 Å². The fourth-order valence-corrected chi connectivity index (χ4v) is 2.08. The van der Waals surface area contributed by atoms with Gasteiger partial charge < -0.3 is 15.0 Å². The van der Waals surface area contributed by atoms with Gasteiger partial charge in [0.05, 0.1) is 6.10 Å². The number of hydrogen-bond donors (Lipinski definition) is 2. The van der Waals surface area contributed by atoms with Crippen LogP contribution in [0.3, 0.4) is 0 Å². The van der Waals surface area contributed by atoms with Crippen LogP contribution in [0.4, 0.5) is 0 Å². The summed E-state index contributed by atoms with van der Waals surface area (Å²) in [6.45, 7) is 7.96. The minimum atomic E-state index is -0.288. The monoisotopic (exact) mass is 238 g/mol. The molecule has 0 saturated heterocycles. The summed E-state index contributed by atoms with van der Waals surface area (Å²) in [5.74, 6) is 0. The molecular weight excluding hydrogens is 212 g/mol. The predicted octanol–water partition coefficient (Wildman–Crippen LogP) is 2.71. The molecule has 0 aliphatic rings. The van der Waals surface area contributed by atoms with Crippen LogP contribution in [-0.4, -0.2) is 22.3 Å². The highest BCUT2D eigenvalue weighted by Gasteiger charge is 2.11. The van der Waals surface area contributed by atoms with E-state index < -0.39 is 0 Å². The zero-order valence-corrected chi connectivity index (χ0v) is 11.3. The number of aromatic nitrogens is 1. The minimum absolute atomic E-state index is 0.288. The highest BCUT2D eigenvalue weighted by Crippen LogP contribution is 2.19. The lowest BCUT2D eigenvalue weighted by molar-refractivity contribution is 0.173. The summed E-state index contributed by atoms with van der Waals surface area (Å²) in [6, 6.07) is 2.61. The molecular formula is C14H26N2O. The summed E-state index contributed by atoms with van der Waals surface area (Å²) in [6.07, 6.45) is 7.42. The van der Waals surface area contributed by atoms with Gasteiger partial charge >= 0.3 is 0 Å². The van der Waals surface area contributed by atoms with Gasteiger partial charge in [0.2, 0.25) is 0 Å². The van der Waals surface area contributed by atoms with Crippen LogP contribution in [-0.2, 0) is 6.54 Å². The number of aliphatic hydroxyl groups excluding tert-OH is 1. The van der Waals surface area contributed by atoms with E-state index in [0.29, 0.717) is 12.6 Å². The summed E-state index contributed by atoms with van der Waals surface area (Å²) >= 11 is 0. The molecule has 0 aromatic carbocycles. The molecule has 1 aromatic rings. The summed E-state index contributed by atoms with van der Waals surface area (Å²) in [5.41, 5.74) is 1.33. The largest absolute Gasteiger partial charge is 0.392 e. The first-order chi connectivity index (χ1) is 8.17. The maximum atomic E-state index is 9.36. The Morgan fingerprint density at radius 2 is 2.12 bits per heavy atom. The second-order valence-corrected chi connectivity index (χ2v) is 4.79. The smallest absolute Gasteiger partial charge is 0.0690 e. The predicted molar refractivity (Wildman–Crippen MR) is 72.1 cm³/mol. The normalized spacial score (nSPS) is 14.8. The van der Waals surface area contributed by atoms with E-state index in [1.807, 2.05) is 6.92 Å². The molecule has 17 heavy (non-hydrogen) atoms. The maximum absolute atomic E-state index is 9.36. The molecule has 0 aliphatic carbocycles. The molecule has 2 N–H and O–H groups in total.